The molecule has 8 heteroatoms. The lowest BCUT2D eigenvalue weighted by Gasteiger charge is -2.13. The number of fused-ring (bicyclic) bond motifs is 1. The van der Waals surface area contributed by atoms with Gasteiger partial charge in [-0.3, -0.25) is 14.2 Å². The predicted octanol–water partition coefficient (Wildman–Crippen LogP) is 3.80. The third-order valence-corrected chi connectivity index (χ3v) is 5.08. The zero-order chi connectivity index (χ0) is 19.4. The molecule has 140 valence electrons. The molecule has 0 saturated carbocycles. The van der Waals surface area contributed by atoms with Gasteiger partial charge in [0.1, 0.15) is 5.76 Å². The maximum Gasteiger partial charge on any atom is 0.262 e. The summed E-state index contributed by atoms with van der Waals surface area (Å²) >= 11 is 7.19. The number of amides is 1. The van der Waals surface area contributed by atoms with Crippen molar-refractivity contribution in [3.8, 4) is 0 Å². The Morgan fingerprint density at radius 3 is 3.00 bits per heavy atom. The number of hydrogen-bond acceptors (Lipinski definition) is 5. The fraction of sp³-hybridized carbons (Fsp3) is 0.211. The Morgan fingerprint density at radius 1 is 1.48 bits per heavy atom. The summed E-state index contributed by atoms with van der Waals surface area (Å²) < 4.78 is 6.77. The van der Waals surface area contributed by atoms with Gasteiger partial charge in [0.2, 0.25) is 5.91 Å². The maximum absolute atomic E-state index is 12.8. The summed E-state index contributed by atoms with van der Waals surface area (Å²) in [6.45, 7) is 5.82. The van der Waals surface area contributed by atoms with Gasteiger partial charge in [-0.25, -0.2) is 4.98 Å². The molecule has 0 bridgehead atoms. The van der Waals surface area contributed by atoms with Gasteiger partial charge in [0, 0.05) is 11.6 Å². The van der Waals surface area contributed by atoms with Crippen LogP contribution in [0.15, 0.2) is 63.6 Å². The Morgan fingerprint density at radius 2 is 2.30 bits per heavy atom. The SMILES string of the molecule is C=CCn1c(SCC(=O)N[C@@H](C)c2ccco2)nc2ccc(Cl)cc2c1=O. The highest BCUT2D eigenvalue weighted by Gasteiger charge is 2.15. The molecule has 0 fully saturated rings. The van der Waals surface area contributed by atoms with Crippen molar-refractivity contribution in [1.82, 2.24) is 14.9 Å². The standard InChI is InChI=1S/C19H18ClN3O3S/c1-3-8-23-18(25)14-10-13(20)6-7-15(14)22-19(23)27-11-17(24)21-12(2)16-5-4-9-26-16/h3-7,9-10,12H,1,8,11H2,2H3,(H,21,24)/t12-/m0/s1. The molecular formula is C19H18ClN3O3S. The van der Waals surface area contributed by atoms with Crippen LogP contribution in [0.4, 0.5) is 0 Å². The molecule has 0 spiro atoms. The number of furan rings is 1. The highest BCUT2D eigenvalue weighted by molar-refractivity contribution is 7.99. The van der Waals surface area contributed by atoms with E-state index in [0.29, 0.717) is 33.4 Å². The van der Waals surface area contributed by atoms with E-state index in [1.54, 1.807) is 42.7 Å². The fourth-order valence-corrected chi connectivity index (χ4v) is 3.59. The molecule has 0 radical (unpaired) electrons. The molecule has 0 unspecified atom stereocenters. The summed E-state index contributed by atoms with van der Waals surface area (Å²) in [6.07, 6.45) is 3.18. The van der Waals surface area contributed by atoms with E-state index < -0.39 is 0 Å². The van der Waals surface area contributed by atoms with Crippen LogP contribution in [0.1, 0.15) is 18.7 Å². The molecule has 0 aliphatic carbocycles. The predicted molar refractivity (Wildman–Crippen MR) is 107 cm³/mol. The maximum atomic E-state index is 12.8. The number of allylic oxidation sites excluding steroid dienone is 1. The summed E-state index contributed by atoms with van der Waals surface area (Å²) in [6, 6.07) is 8.30. The van der Waals surface area contributed by atoms with E-state index in [9.17, 15) is 9.59 Å². The third-order valence-electron chi connectivity index (χ3n) is 3.87. The number of halogens is 1. The summed E-state index contributed by atoms with van der Waals surface area (Å²) in [5.74, 6) is 0.616. The molecule has 2 aromatic heterocycles. The number of rotatable bonds is 7. The molecule has 2 heterocycles. The Bertz CT molecular complexity index is 1030. The first-order valence-electron chi connectivity index (χ1n) is 8.26. The number of carbonyl (C=O) groups is 1. The summed E-state index contributed by atoms with van der Waals surface area (Å²) in [5, 5.41) is 4.22. The lowest BCUT2D eigenvalue weighted by molar-refractivity contribution is -0.119. The number of benzene rings is 1. The van der Waals surface area contributed by atoms with Crippen LogP contribution in [0.25, 0.3) is 10.9 Å². The number of aromatic nitrogens is 2. The molecule has 3 aromatic rings. The molecule has 1 amide bonds. The van der Waals surface area contributed by atoms with Crippen LogP contribution in [0.3, 0.4) is 0 Å². The molecule has 3 rings (SSSR count). The van der Waals surface area contributed by atoms with Crippen molar-refractivity contribution in [2.75, 3.05) is 5.75 Å². The van der Waals surface area contributed by atoms with Crippen LogP contribution in [-0.4, -0.2) is 21.2 Å². The lowest BCUT2D eigenvalue weighted by Crippen LogP contribution is -2.29. The molecule has 0 saturated heterocycles. The van der Waals surface area contributed by atoms with Crippen LogP contribution >= 0.6 is 23.4 Å². The van der Waals surface area contributed by atoms with Gasteiger partial charge in [-0.2, -0.15) is 0 Å². The van der Waals surface area contributed by atoms with E-state index in [1.807, 2.05) is 6.92 Å². The molecule has 1 atom stereocenters. The number of nitrogens with zero attached hydrogens (tertiary/aromatic N) is 2. The van der Waals surface area contributed by atoms with E-state index in [-0.39, 0.29) is 23.3 Å². The highest BCUT2D eigenvalue weighted by atomic mass is 35.5. The molecule has 0 aliphatic rings. The first-order chi connectivity index (χ1) is 13.0. The van der Waals surface area contributed by atoms with Gasteiger partial charge in [-0.05, 0) is 37.3 Å². The van der Waals surface area contributed by atoms with Crippen LogP contribution in [0.2, 0.25) is 5.02 Å². The molecular weight excluding hydrogens is 386 g/mol. The van der Waals surface area contributed by atoms with Crippen molar-refractivity contribution >= 4 is 40.2 Å². The van der Waals surface area contributed by atoms with Crippen molar-refractivity contribution in [1.29, 1.82) is 0 Å². The average Bonchev–Trinajstić information content (AvgIpc) is 3.18. The Kier molecular flexibility index (Phi) is 6.03. The zero-order valence-electron chi connectivity index (χ0n) is 14.6. The minimum Gasteiger partial charge on any atom is -0.467 e. The van der Waals surface area contributed by atoms with Crippen LogP contribution < -0.4 is 10.9 Å². The van der Waals surface area contributed by atoms with Crippen molar-refractivity contribution < 1.29 is 9.21 Å². The molecule has 1 aromatic carbocycles. The molecule has 6 nitrogen and oxygen atoms in total. The summed E-state index contributed by atoms with van der Waals surface area (Å²) in [7, 11) is 0. The topological polar surface area (TPSA) is 77.1 Å². The minimum absolute atomic E-state index is 0.119. The Balaban J connectivity index is 1.80. The van der Waals surface area contributed by atoms with Gasteiger partial charge in [-0.15, -0.1) is 6.58 Å². The Labute approximate surface area is 165 Å². The van der Waals surface area contributed by atoms with Gasteiger partial charge in [-0.1, -0.05) is 29.4 Å². The summed E-state index contributed by atoms with van der Waals surface area (Å²) in [5.41, 5.74) is 0.325. The first-order valence-corrected chi connectivity index (χ1v) is 9.62. The monoisotopic (exact) mass is 403 g/mol. The zero-order valence-corrected chi connectivity index (χ0v) is 16.2. The number of nitrogens with one attached hydrogen (secondary N) is 1. The second kappa shape index (κ2) is 8.45. The van der Waals surface area contributed by atoms with Gasteiger partial charge in [0.25, 0.3) is 5.56 Å². The van der Waals surface area contributed by atoms with E-state index in [1.165, 1.54) is 16.3 Å². The number of hydrogen-bond donors (Lipinski definition) is 1. The highest BCUT2D eigenvalue weighted by Crippen LogP contribution is 2.21. The van der Waals surface area contributed by atoms with Crippen molar-refractivity contribution in [3.63, 3.8) is 0 Å². The lowest BCUT2D eigenvalue weighted by atomic mass is 10.2. The van der Waals surface area contributed by atoms with Crippen LogP contribution in [0.5, 0.6) is 0 Å². The van der Waals surface area contributed by atoms with Crippen LogP contribution in [-0.2, 0) is 11.3 Å². The average molecular weight is 404 g/mol. The number of carbonyl (C=O) groups excluding carboxylic acids is 1. The van der Waals surface area contributed by atoms with Crippen molar-refractivity contribution in [2.24, 2.45) is 0 Å². The summed E-state index contributed by atoms with van der Waals surface area (Å²) in [4.78, 5) is 29.5. The third kappa shape index (κ3) is 4.43. The van der Waals surface area contributed by atoms with Crippen molar-refractivity contribution in [2.45, 2.75) is 24.7 Å². The molecule has 1 N–H and O–H groups in total. The van der Waals surface area contributed by atoms with Crippen LogP contribution in [0, 0.1) is 0 Å². The molecule has 0 aliphatic heterocycles. The minimum atomic E-state index is -0.241. The fourth-order valence-electron chi connectivity index (χ4n) is 2.60. The largest absolute Gasteiger partial charge is 0.467 e. The smallest absolute Gasteiger partial charge is 0.262 e. The van der Waals surface area contributed by atoms with E-state index >= 15 is 0 Å². The second-order valence-corrected chi connectivity index (χ2v) is 7.23. The first kappa shape index (κ1) is 19.3. The Hall–Kier alpha value is -2.51. The normalized spacial score (nSPS) is 12.1. The van der Waals surface area contributed by atoms with E-state index in [0.717, 1.165) is 0 Å². The van der Waals surface area contributed by atoms with Crippen molar-refractivity contribution in [3.05, 3.63) is 70.4 Å². The van der Waals surface area contributed by atoms with E-state index in [2.05, 4.69) is 16.9 Å². The van der Waals surface area contributed by atoms with Gasteiger partial charge in [0.05, 0.1) is 29.0 Å². The number of thioether (sulfide) groups is 1. The van der Waals surface area contributed by atoms with Gasteiger partial charge >= 0.3 is 0 Å². The van der Waals surface area contributed by atoms with Gasteiger partial charge < -0.3 is 9.73 Å². The molecule has 27 heavy (non-hydrogen) atoms. The van der Waals surface area contributed by atoms with E-state index in [4.69, 9.17) is 16.0 Å². The quantitative estimate of drug-likeness (QED) is 0.369. The second-order valence-electron chi connectivity index (χ2n) is 5.85. The van der Waals surface area contributed by atoms with Gasteiger partial charge in [0.15, 0.2) is 5.16 Å².